The second-order valence-electron chi connectivity index (χ2n) is 3.88. The minimum atomic E-state index is -0.169. The first-order valence-electron chi connectivity index (χ1n) is 5.30. The monoisotopic (exact) mass is 218 g/mol. The van der Waals surface area contributed by atoms with Crippen molar-refractivity contribution in [3.8, 4) is 0 Å². The van der Waals surface area contributed by atoms with E-state index in [1.54, 1.807) is 12.1 Å². The molecule has 1 heterocycles. The molecule has 16 heavy (non-hydrogen) atoms. The zero-order valence-electron chi connectivity index (χ0n) is 9.50. The van der Waals surface area contributed by atoms with Gasteiger partial charge in [-0.25, -0.2) is 4.39 Å². The van der Waals surface area contributed by atoms with E-state index in [1.165, 1.54) is 6.07 Å². The van der Waals surface area contributed by atoms with Gasteiger partial charge >= 0.3 is 0 Å². The highest BCUT2D eigenvalue weighted by atomic mass is 19.1. The molecule has 84 valence electrons. The lowest BCUT2D eigenvalue weighted by Gasteiger charge is -2.12. The van der Waals surface area contributed by atoms with Gasteiger partial charge in [0.1, 0.15) is 5.82 Å². The molecule has 1 aromatic heterocycles. The van der Waals surface area contributed by atoms with Crippen molar-refractivity contribution in [1.29, 1.82) is 0 Å². The molecule has 0 spiro atoms. The van der Waals surface area contributed by atoms with E-state index in [2.05, 4.69) is 5.43 Å². The lowest BCUT2D eigenvalue weighted by molar-refractivity contribution is 0.607. The molecule has 2 rings (SSSR count). The summed E-state index contributed by atoms with van der Waals surface area (Å²) < 4.78 is 15.3. The van der Waals surface area contributed by atoms with Gasteiger partial charge in [-0.2, -0.15) is 0 Å². The Labute approximate surface area is 94.7 Å². The minimum absolute atomic E-state index is 0.169. The third-order valence-corrected chi connectivity index (χ3v) is 2.66. The molecular formula is C13H15FN2. The number of aryl methyl sites for hydroxylation is 2. The van der Waals surface area contributed by atoms with Gasteiger partial charge in [-0.3, -0.25) is 4.68 Å². The molecule has 1 aromatic carbocycles. The Morgan fingerprint density at radius 3 is 2.31 bits per heavy atom. The van der Waals surface area contributed by atoms with Crippen molar-refractivity contribution < 1.29 is 4.39 Å². The summed E-state index contributed by atoms with van der Waals surface area (Å²) in [5.41, 5.74) is 6.11. The molecule has 0 aliphatic carbocycles. The van der Waals surface area contributed by atoms with Crippen LogP contribution in [0, 0.1) is 19.7 Å². The van der Waals surface area contributed by atoms with Crippen LogP contribution in [0.4, 0.5) is 4.39 Å². The van der Waals surface area contributed by atoms with Crippen LogP contribution in [0.15, 0.2) is 36.4 Å². The molecule has 3 heteroatoms. The van der Waals surface area contributed by atoms with Crippen LogP contribution in [0.3, 0.4) is 0 Å². The Morgan fingerprint density at radius 1 is 1.06 bits per heavy atom. The van der Waals surface area contributed by atoms with Gasteiger partial charge in [-0.05, 0) is 32.0 Å². The fourth-order valence-corrected chi connectivity index (χ4v) is 1.72. The Bertz CT molecular complexity index is 469. The third-order valence-electron chi connectivity index (χ3n) is 2.66. The largest absolute Gasteiger partial charge is 0.321 e. The summed E-state index contributed by atoms with van der Waals surface area (Å²) in [5.74, 6) is -0.169. The van der Waals surface area contributed by atoms with Crippen LogP contribution >= 0.6 is 0 Å². The highest BCUT2D eigenvalue weighted by Crippen LogP contribution is 2.08. The van der Waals surface area contributed by atoms with Gasteiger partial charge in [0.15, 0.2) is 0 Å². The molecule has 0 unspecified atom stereocenters. The van der Waals surface area contributed by atoms with Gasteiger partial charge in [0, 0.05) is 17.0 Å². The van der Waals surface area contributed by atoms with E-state index in [4.69, 9.17) is 0 Å². The maximum Gasteiger partial charge on any atom is 0.128 e. The van der Waals surface area contributed by atoms with Crippen LogP contribution in [-0.2, 0) is 6.54 Å². The van der Waals surface area contributed by atoms with E-state index in [1.807, 2.05) is 36.7 Å². The number of nitrogens with zero attached hydrogens (tertiary/aromatic N) is 1. The molecule has 0 aliphatic rings. The van der Waals surface area contributed by atoms with Crippen molar-refractivity contribution in [1.82, 2.24) is 4.68 Å². The Morgan fingerprint density at radius 2 is 1.69 bits per heavy atom. The van der Waals surface area contributed by atoms with Crippen LogP contribution in [0.2, 0.25) is 0 Å². The van der Waals surface area contributed by atoms with Crippen LogP contribution in [0.5, 0.6) is 0 Å². The summed E-state index contributed by atoms with van der Waals surface area (Å²) in [7, 11) is 0. The third kappa shape index (κ3) is 2.08. The van der Waals surface area contributed by atoms with E-state index < -0.39 is 0 Å². The van der Waals surface area contributed by atoms with Crippen molar-refractivity contribution in [3.05, 3.63) is 59.2 Å². The lowest BCUT2D eigenvalue weighted by Crippen LogP contribution is -2.17. The fraction of sp³-hybridized carbons (Fsp3) is 0.231. The minimum Gasteiger partial charge on any atom is -0.321 e. The lowest BCUT2D eigenvalue weighted by atomic mass is 10.2. The van der Waals surface area contributed by atoms with Crippen molar-refractivity contribution >= 4 is 0 Å². The van der Waals surface area contributed by atoms with Crippen LogP contribution in [0.25, 0.3) is 0 Å². The average Bonchev–Trinajstić information content (AvgIpc) is 2.58. The fourth-order valence-electron chi connectivity index (χ4n) is 1.72. The first-order valence-corrected chi connectivity index (χ1v) is 5.30. The second kappa shape index (κ2) is 4.39. The van der Waals surface area contributed by atoms with Crippen molar-refractivity contribution in [2.24, 2.45) is 0 Å². The van der Waals surface area contributed by atoms with Gasteiger partial charge in [-0.15, -0.1) is 0 Å². The molecule has 0 bridgehead atoms. The van der Waals surface area contributed by atoms with E-state index in [9.17, 15) is 4.39 Å². The van der Waals surface area contributed by atoms with Gasteiger partial charge < -0.3 is 5.43 Å². The van der Waals surface area contributed by atoms with Gasteiger partial charge in [0.05, 0.1) is 6.54 Å². The highest BCUT2D eigenvalue weighted by Gasteiger charge is 2.02. The van der Waals surface area contributed by atoms with E-state index in [0.717, 1.165) is 11.4 Å². The average molecular weight is 218 g/mol. The Hall–Kier alpha value is -1.77. The summed E-state index contributed by atoms with van der Waals surface area (Å²) in [5, 5.41) is 0. The van der Waals surface area contributed by atoms with E-state index >= 15 is 0 Å². The zero-order chi connectivity index (χ0) is 11.5. The quantitative estimate of drug-likeness (QED) is 0.838. The number of hydrogen-bond donors (Lipinski definition) is 1. The van der Waals surface area contributed by atoms with Crippen molar-refractivity contribution in [2.45, 2.75) is 20.4 Å². The number of nitrogens with one attached hydrogen (secondary N) is 1. The molecule has 2 aromatic rings. The molecule has 0 saturated heterocycles. The molecule has 0 fully saturated rings. The summed E-state index contributed by atoms with van der Waals surface area (Å²) in [6.07, 6.45) is 0. The van der Waals surface area contributed by atoms with Crippen LogP contribution in [-0.4, -0.2) is 4.68 Å². The van der Waals surface area contributed by atoms with Gasteiger partial charge in [-0.1, -0.05) is 18.2 Å². The normalized spacial score (nSPS) is 10.4. The van der Waals surface area contributed by atoms with Gasteiger partial charge in [0.25, 0.3) is 0 Å². The smallest absolute Gasteiger partial charge is 0.128 e. The predicted molar refractivity (Wildman–Crippen MR) is 63.4 cm³/mol. The van der Waals surface area contributed by atoms with Crippen LogP contribution < -0.4 is 5.43 Å². The first-order chi connectivity index (χ1) is 7.68. The second-order valence-corrected chi connectivity index (χ2v) is 3.88. The summed E-state index contributed by atoms with van der Waals surface area (Å²) in [6, 6.07) is 10.9. The SMILES string of the molecule is Cc1ccc(C)n1NCc1ccccc1F. The van der Waals surface area contributed by atoms with E-state index in [0.29, 0.717) is 12.1 Å². The first kappa shape index (κ1) is 10.7. The summed E-state index contributed by atoms with van der Waals surface area (Å²) in [6.45, 7) is 4.52. The van der Waals surface area contributed by atoms with Crippen LogP contribution in [0.1, 0.15) is 17.0 Å². The topological polar surface area (TPSA) is 17.0 Å². The maximum atomic E-state index is 13.4. The summed E-state index contributed by atoms with van der Waals surface area (Å²) >= 11 is 0. The highest BCUT2D eigenvalue weighted by molar-refractivity contribution is 5.20. The Kier molecular flexibility index (Phi) is 2.95. The molecule has 2 nitrogen and oxygen atoms in total. The molecule has 1 N–H and O–H groups in total. The molecule has 0 radical (unpaired) electrons. The Balaban J connectivity index is 2.11. The molecular weight excluding hydrogens is 203 g/mol. The summed E-state index contributed by atoms with van der Waals surface area (Å²) in [4.78, 5) is 0. The number of aromatic nitrogens is 1. The number of rotatable bonds is 3. The van der Waals surface area contributed by atoms with E-state index in [-0.39, 0.29) is 5.82 Å². The standard InChI is InChI=1S/C13H15FN2/c1-10-7-8-11(2)16(10)15-9-12-5-3-4-6-13(12)14/h3-8,15H,9H2,1-2H3. The maximum absolute atomic E-state index is 13.4. The number of halogens is 1. The van der Waals surface area contributed by atoms with Crippen molar-refractivity contribution in [2.75, 3.05) is 5.43 Å². The van der Waals surface area contributed by atoms with Gasteiger partial charge in [0.2, 0.25) is 0 Å². The zero-order valence-corrected chi connectivity index (χ0v) is 9.50. The number of benzene rings is 1. The number of hydrogen-bond acceptors (Lipinski definition) is 1. The van der Waals surface area contributed by atoms with Crippen molar-refractivity contribution in [3.63, 3.8) is 0 Å². The molecule has 0 atom stereocenters. The molecule has 0 aliphatic heterocycles. The predicted octanol–water partition coefficient (Wildman–Crippen LogP) is 2.99. The molecule has 0 amide bonds. The molecule has 0 saturated carbocycles.